The van der Waals surface area contributed by atoms with Gasteiger partial charge in [-0.3, -0.25) is 0 Å². The molecule has 1 aromatic heterocycles. The Labute approximate surface area is 102 Å². The lowest BCUT2D eigenvalue weighted by molar-refractivity contribution is 0.0606. The van der Waals surface area contributed by atoms with E-state index in [9.17, 15) is 4.79 Å². The third-order valence-corrected chi connectivity index (χ3v) is 3.94. The molecule has 0 radical (unpaired) electrons. The monoisotopic (exact) mass is 255 g/mol. The molecule has 0 aliphatic carbocycles. The number of thiophene rings is 1. The minimum Gasteiger partial charge on any atom is -0.465 e. The van der Waals surface area contributed by atoms with Crippen LogP contribution in [0.5, 0.6) is 0 Å². The number of hydrogen-bond acceptors (Lipinski definition) is 4. The quantitative estimate of drug-likeness (QED) is 0.840. The van der Waals surface area contributed by atoms with Gasteiger partial charge in [0.2, 0.25) is 0 Å². The smallest absolute Gasteiger partial charge is 0.349 e. The summed E-state index contributed by atoms with van der Waals surface area (Å²) in [5.74, 6) is -0.402. The number of carbonyl (C=O) groups excluding carboxylic acids is 1. The van der Waals surface area contributed by atoms with Gasteiger partial charge < -0.3 is 10.5 Å². The average Bonchev–Trinajstić information content (AvgIpc) is 2.65. The normalized spacial score (nSPS) is 10.7. The van der Waals surface area contributed by atoms with Gasteiger partial charge in [-0.15, -0.1) is 11.3 Å². The molecule has 0 spiro atoms. The minimum atomic E-state index is -0.402. The first kappa shape index (κ1) is 11.4. The first-order valence-electron chi connectivity index (χ1n) is 4.66. The SMILES string of the molecule is COC(=O)c1sc2cc(CN)ccc2c1Cl. The molecule has 2 aromatic rings. The highest BCUT2D eigenvalue weighted by atomic mass is 35.5. The van der Waals surface area contributed by atoms with Crippen LogP contribution in [0.25, 0.3) is 10.1 Å². The number of carbonyl (C=O) groups is 1. The zero-order chi connectivity index (χ0) is 11.7. The fourth-order valence-corrected chi connectivity index (χ4v) is 2.95. The first-order chi connectivity index (χ1) is 7.67. The number of nitrogens with two attached hydrogens (primary N) is 1. The van der Waals surface area contributed by atoms with Gasteiger partial charge in [-0.25, -0.2) is 4.79 Å². The highest BCUT2D eigenvalue weighted by Crippen LogP contribution is 2.36. The van der Waals surface area contributed by atoms with Gasteiger partial charge in [0.25, 0.3) is 0 Å². The second-order valence-corrected chi connectivity index (χ2v) is 4.70. The molecule has 0 aliphatic heterocycles. The van der Waals surface area contributed by atoms with Crippen molar-refractivity contribution >= 4 is 39.0 Å². The van der Waals surface area contributed by atoms with Gasteiger partial charge >= 0.3 is 5.97 Å². The number of hydrogen-bond donors (Lipinski definition) is 1. The molecule has 84 valence electrons. The van der Waals surface area contributed by atoms with Crippen molar-refractivity contribution in [2.45, 2.75) is 6.54 Å². The Hall–Kier alpha value is -1.10. The Kier molecular flexibility index (Phi) is 3.14. The van der Waals surface area contributed by atoms with Gasteiger partial charge in [0, 0.05) is 16.6 Å². The molecule has 0 saturated carbocycles. The van der Waals surface area contributed by atoms with Crippen LogP contribution in [-0.4, -0.2) is 13.1 Å². The maximum Gasteiger partial charge on any atom is 0.349 e. The summed E-state index contributed by atoms with van der Waals surface area (Å²) in [6.07, 6.45) is 0. The van der Waals surface area contributed by atoms with Crippen LogP contribution in [0.4, 0.5) is 0 Å². The number of esters is 1. The van der Waals surface area contributed by atoms with E-state index >= 15 is 0 Å². The van der Waals surface area contributed by atoms with E-state index in [4.69, 9.17) is 17.3 Å². The van der Waals surface area contributed by atoms with Crippen LogP contribution in [0, 0.1) is 0 Å². The fraction of sp³-hybridized carbons (Fsp3) is 0.182. The number of halogens is 1. The van der Waals surface area contributed by atoms with Crippen molar-refractivity contribution in [1.29, 1.82) is 0 Å². The van der Waals surface area contributed by atoms with E-state index in [0.29, 0.717) is 16.4 Å². The highest BCUT2D eigenvalue weighted by molar-refractivity contribution is 7.21. The first-order valence-corrected chi connectivity index (χ1v) is 5.86. The number of ether oxygens (including phenoxy) is 1. The Balaban J connectivity index is 2.63. The lowest BCUT2D eigenvalue weighted by atomic mass is 10.2. The molecule has 0 saturated heterocycles. The molecule has 0 atom stereocenters. The van der Waals surface area contributed by atoms with Crippen molar-refractivity contribution < 1.29 is 9.53 Å². The summed E-state index contributed by atoms with van der Waals surface area (Å²) in [5, 5.41) is 1.32. The third kappa shape index (κ3) is 1.80. The van der Waals surface area contributed by atoms with Crippen molar-refractivity contribution in [3.63, 3.8) is 0 Å². The van der Waals surface area contributed by atoms with E-state index in [2.05, 4.69) is 4.74 Å². The molecule has 2 rings (SSSR count). The number of methoxy groups -OCH3 is 1. The fourth-order valence-electron chi connectivity index (χ4n) is 1.46. The van der Waals surface area contributed by atoms with Gasteiger partial charge in [-0.1, -0.05) is 23.7 Å². The molecule has 1 heterocycles. The minimum absolute atomic E-state index is 0.402. The van der Waals surface area contributed by atoms with Crippen LogP contribution in [0.3, 0.4) is 0 Å². The van der Waals surface area contributed by atoms with E-state index in [-0.39, 0.29) is 0 Å². The van der Waals surface area contributed by atoms with Crippen molar-refractivity contribution in [2.75, 3.05) is 7.11 Å². The summed E-state index contributed by atoms with van der Waals surface area (Å²) in [7, 11) is 1.34. The maximum absolute atomic E-state index is 11.4. The lowest BCUT2D eigenvalue weighted by Gasteiger charge is -1.95. The van der Waals surface area contributed by atoms with Crippen LogP contribution < -0.4 is 5.73 Å². The molecule has 5 heteroatoms. The molecule has 0 fully saturated rings. The van der Waals surface area contributed by atoms with E-state index in [1.54, 1.807) is 0 Å². The van der Waals surface area contributed by atoms with Crippen LogP contribution in [0.2, 0.25) is 5.02 Å². The summed E-state index contributed by atoms with van der Waals surface area (Å²) in [5.41, 5.74) is 6.57. The van der Waals surface area contributed by atoms with E-state index in [1.807, 2.05) is 18.2 Å². The molecule has 0 bridgehead atoms. The lowest BCUT2D eigenvalue weighted by Crippen LogP contribution is -1.97. The van der Waals surface area contributed by atoms with Crippen molar-refractivity contribution in [3.05, 3.63) is 33.7 Å². The number of benzene rings is 1. The van der Waals surface area contributed by atoms with Crippen molar-refractivity contribution in [1.82, 2.24) is 0 Å². The second kappa shape index (κ2) is 4.41. The van der Waals surface area contributed by atoms with Gasteiger partial charge in [-0.2, -0.15) is 0 Å². The predicted molar refractivity (Wildman–Crippen MR) is 66.1 cm³/mol. The molecule has 16 heavy (non-hydrogen) atoms. The average molecular weight is 256 g/mol. The largest absolute Gasteiger partial charge is 0.465 e. The van der Waals surface area contributed by atoms with Crippen molar-refractivity contribution in [2.24, 2.45) is 5.73 Å². The van der Waals surface area contributed by atoms with Gasteiger partial charge in [0.15, 0.2) is 0 Å². The summed E-state index contributed by atoms with van der Waals surface area (Å²) >= 11 is 7.43. The highest BCUT2D eigenvalue weighted by Gasteiger charge is 2.17. The van der Waals surface area contributed by atoms with Crippen LogP contribution in [0.15, 0.2) is 18.2 Å². The summed E-state index contributed by atoms with van der Waals surface area (Å²) < 4.78 is 5.62. The second-order valence-electron chi connectivity index (χ2n) is 3.27. The zero-order valence-electron chi connectivity index (χ0n) is 8.62. The summed E-state index contributed by atoms with van der Waals surface area (Å²) in [4.78, 5) is 11.9. The molecular formula is C11H10ClNO2S. The molecule has 1 aromatic carbocycles. The van der Waals surface area contributed by atoms with Crippen LogP contribution in [0.1, 0.15) is 15.2 Å². The van der Waals surface area contributed by atoms with Gasteiger partial charge in [0.1, 0.15) is 4.88 Å². The Bertz CT molecular complexity index is 550. The molecule has 3 nitrogen and oxygen atoms in total. The van der Waals surface area contributed by atoms with E-state index in [1.165, 1.54) is 18.4 Å². The summed E-state index contributed by atoms with van der Waals surface area (Å²) in [6, 6.07) is 5.73. The third-order valence-electron chi connectivity index (χ3n) is 2.30. The van der Waals surface area contributed by atoms with E-state index < -0.39 is 5.97 Å². The summed E-state index contributed by atoms with van der Waals surface area (Å²) in [6.45, 7) is 0.471. The molecule has 0 unspecified atom stereocenters. The van der Waals surface area contributed by atoms with Gasteiger partial charge in [-0.05, 0) is 11.6 Å². The molecule has 2 N–H and O–H groups in total. The predicted octanol–water partition coefficient (Wildman–Crippen LogP) is 2.80. The van der Waals surface area contributed by atoms with Crippen LogP contribution >= 0.6 is 22.9 Å². The van der Waals surface area contributed by atoms with Gasteiger partial charge in [0.05, 0.1) is 12.1 Å². The van der Waals surface area contributed by atoms with Crippen molar-refractivity contribution in [3.8, 4) is 0 Å². The standard InChI is InChI=1S/C11H10ClNO2S/c1-15-11(14)10-9(12)7-3-2-6(5-13)4-8(7)16-10/h2-4H,5,13H2,1H3. The Morgan fingerprint density at radius 1 is 1.56 bits per heavy atom. The Morgan fingerprint density at radius 3 is 2.94 bits per heavy atom. The van der Waals surface area contributed by atoms with Crippen LogP contribution in [-0.2, 0) is 11.3 Å². The molecule has 0 aliphatic rings. The zero-order valence-corrected chi connectivity index (χ0v) is 10.2. The maximum atomic E-state index is 11.4. The Morgan fingerprint density at radius 2 is 2.31 bits per heavy atom. The topological polar surface area (TPSA) is 52.3 Å². The molecule has 0 amide bonds. The molecular weight excluding hydrogens is 246 g/mol. The number of rotatable bonds is 2. The van der Waals surface area contributed by atoms with E-state index in [0.717, 1.165) is 15.6 Å². The number of fused-ring (bicyclic) bond motifs is 1.